The summed E-state index contributed by atoms with van der Waals surface area (Å²) in [6.45, 7) is 8.56. The number of hydrogen-bond donors (Lipinski definition) is 2. The number of nitrogens with zero attached hydrogens (tertiary/aromatic N) is 3. The molecule has 40 heavy (non-hydrogen) atoms. The number of rotatable bonds is 8. The van der Waals surface area contributed by atoms with E-state index in [1.165, 1.54) is 0 Å². The van der Waals surface area contributed by atoms with Crippen molar-refractivity contribution in [2.45, 2.75) is 39.0 Å². The van der Waals surface area contributed by atoms with Gasteiger partial charge in [-0.3, -0.25) is 10.3 Å². The Morgan fingerprint density at radius 1 is 0.975 bits per heavy atom. The molecule has 0 bridgehead atoms. The van der Waals surface area contributed by atoms with Gasteiger partial charge >= 0.3 is 6.03 Å². The maximum Gasteiger partial charge on any atom is 0.324 e. The topological polar surface area (TPSA) is 99.5 Å². The average molecular weight is 542 g/mol. The Labute approximate surface area is 234 Å². The molecule has 2 aromatic carbocycles. The van der Waals surface area contributed by atoms with Gasteiger partial charge in [-0.1, -0.05) is 20.8 Å². The van der Waals surface area contributed by atoms with E-state index in [2.05, 4.69) is 36.4 Å². The van der Waals surface area contributed by atoms with Gasteiger partial charge in [0, 0.05) is 36.6 Å². The third-order valence-electron chi connectivity index (χ3n) is 6.61. The van der Waals surface area contributed by atoms with Gasteiger partial charge in [-0.25, -0.2) is 9.48 Å². The van der Waals surface area contributed by atoms with Crippen molar-refractivity contribution in [1.29, 1.82) is 0 Å². The normalized spacial score (nSPS) is 14.0. The van der Waals surface area contributed by atoms with Gasteiger partial charge in [-0.15, -0.1) is 0 Å². The van der Waals surface area contributed by atoms with E-state index >= 15 is 0 Å². The second-order valence-corrected chi connectivity index (χ2v) is 10.8. The highest BCUT2D eigenvalue weighted by Crippen LogP contribution is 2.28. The first kappa shape index (κ1) is 27.2. The molecule has 4 aromatic rings. The molecule has 2 aromatic heterocycles. The third-order valence-corrected chi connectivity index (χ3v) is 6.61. The zero-order valence-corrected chi connectivity index (χ0v) is 23.1. The quantitative estimate of drug-likeness (QED) is 0.254. The first-order chi connectivity index (χ1) is 19.3. The molecule has 0 unspecified atom stereocenters. The number of benzene rings is 2. The number of hydrogen-bond acceptors (Lipinski definition) is 6. The lowest BCUT2D eigenvalue weighted by Crippen LogP contribution is -2.21. The molecule has 9 heteroatoms. The van der Waals surface area contributed by atoms with E-state index in [-0.39, 0.29) is 11.4 Å². The first-order valence-corrected chi connectivity index (χ1v) is 13.5. The van der Waals surface area contributed by atoms with Gasteiger partial charge in [0.15, 0.2) is 0 Å². The van der Waals surface area contributed by atoms with Crippen LogP contribution in [-0.4, -0.2) is 40.6 Å². The molecule has 3 heterocycles. The van der Waals surface area contributed by atoms with Gasteiger partial charge in [0.2, 0.25) is 0 Å². The highest BCUT2D eigenvalue weighted by atomic mass is 16.5. The number of ether oxygens (including phenoxy) is 3. The summed E-state index contributed by atoms with van der Waals surface area (Å²) < 4.78 is 19.0. The minimum absolute atomic E-state index is 0.199. The number of carbonyl (C=O) groups excluding carboxylic acids is 1. The molecule has 0 spiro atoms. The monoisotopic (exact) mass is 541 g/mol. The van der Waals surface area contributed by atoms with E-state index in [0.717, 1.165) is 43.2 Å². The Balaban J connectivity index is 1.25. The molecular weight excluding hydrogens is 506 g/mol. The Morgan fingerprint density at radius 3 is 2.38 bits per heavy atom. The number of nitrogens with one attached hydrogen (secondary N) is 2. The summed E-state index contributed by atoms with van der Waals surface area (Å²) in [5, 5.41) is 10.6. The first-order valence-electron chi connectivity index (χ1n) is 13.5. The number of anilines is 2. The smallest absolute Gasteiger partial charge is 0.324 e. The summed E-state index contributed by atoms with van der Waals surface area (Å²) in [5.74, 6) is 3.18. The Kier molecular flexibility index (Phi) is 8.31. The van der Waals surface area contributed by atoms with Gasteiger partial charge in [-0.05, 0) is 79.4 Å². The molecule has 2 N–H and O–H groups in total. The van der Waals surface area contributed by atoms with Gasteiger partial charge in [0.25, 0.3) is 0 Å². The lowest BCUT2D eigenvalue weighted by Gasteiger charge is -2.22. The second-order valence-electron chi connectivity index (χ2n) is 10.8. The fourth-order valence-corrected chi connectivity index (χ4v) is 4.27. The van der Waals surface area contributed by atoms with Gasteiger partial charge in [0.1, 0.15) is 23.1 Å². The van der Waals surface area contributed by atoms with Crippen molar-refractivity contribution in [3.8, 4) is 22.9 Å². The predicted octanol–water partition coefficient (Wildman–Crippen LogP) is 6.81. The van der Waals surface area contributed by atoms with E-state index in [0.29, 0.717) is 35.5 Å². The summed E-state index contributed by atoms with van der Waals surface area (Å²) in [7, 11) is 0. The fraction of sp³-hybridized carbons (Fsp3) is 0.323. The standard InChI is InChI=1S/C31H35N5O4/c1-31(2,3)28-19-29(34-30(37)33-23-6-10-26(11-7-23)40-27-5-4-16-32-20-27)36(35-28)24-8-12-25(13-9-24)39-21-22-14-17-38-18-15-22/h4-13,16,19-20,22H,14-15,17-18,21H2,1-3H3,(H2,33,34,37). The predicted molar refractivity (Wildman–Crippen MR) is 155 cm³/mol. The molecule has 2 amide bonds. The minimum atomic E-state index is -0.376. The van der Waals surface area contributed by atoms with Crippen LogP contribution in [0.15, 0.2) is 79.1 Å². The van der Waals surface area contributed by atoms with E-state index in [1.54, 1.807) is 41.3 Å². The molecular formula is C31H35N5O4. The Bertz CT molecular complexity index is 1390. The van der Waals surface area contributed by atoms with E-state index in [9.17, 15) is 4.79 Å². The number of amides is 2. The second kappa shape index (κ2) is 12.2. The van der Waals surface area contributed by atoms with Crippen LogP contribution in [0.5, 0.6) is 17.2 Å². The van der Waals surface area contributed by atoms with Crippen LogP contribution in [-0.2, 0) is 10.2 Å². The van der Waals surface area contributed by atoms with Crippen LogP contribution < -0.4 is 20.1 Å². The summed E-state index contributed by atoms with van der Waals surface area (Å²) in [6.07, 6.45) is 5.39. The molecule has 1 aliphatic rings. The number of carbonyl (C=O) groups is 1. The van der Waals surface area contributed by atoms with Crippen LogP contribution in [0.4, 0.5) is 16.3 Å². The van der Waals surface area contributed by atoms with Crippen molar-refractivity contribution in [3.05, 3.63) is 84.8 Å². The fourth-order valence-electron chi connectivity index (χ4n) is 4.27. The van der Waals surface area contributed by atoms with Crippen LogP contribution in [0.1, 0.15) is 39.3 Å². The highest BCUT2D eigenvalue weighted by Gasteiger charge is 2.22. The number of urea groups is 1. The molecule has 9 nitrogen and oxygen atoms in total. The van der Waals surface area contributed by atoms with Gasteiger partial charge < -0.3 is 19.5 Å². The van der Waals surface area contributed by atoms with Crippen LogP contribution in [0.25, 0.3) is 5.69 Å². The zero-order chi connectivity index (χ0) is 28.0. The van der Waals surface area contributed by atoms with E-state index in [1.807, 2.05) is 42.5 Å². The summed E-state index contributed by atoms with van der Waals surface area (Å²) in [4.78, 5) is 17.0. The highest BCUT2D eigenvalue weighted by molar-refractivity contribution is 5.99. The third kappa shape index (κ3) is 7.18. The molecule has 208 valence electrons. The van der Waals surface area contributed by atoms with Crippen LogP contribution in [0.2, 0.25) is 0 Å². The summed E-state index contributed by atoms with van der Waals surface area (Å²) >= 11 is 0. The van der Waals surface area contributed by atoms with Crippen molar-refractivity contribution < 1.29 is 19.0 Å². The molecule has 0 atom stereocenters. The minimum Gasteiger partial charge on any atom is -0.493 e. The van der Waals surface area contributed by atoms with E-state index < -0.39 is 0 Å². The lowest BCUT2D eigenvalue weighted by molar-refractivity contribution is 0.0497. The maximum absolute atomic E-state index is 13.0. The summed E-state index contributed by atoms with van der Waals surface area (Å²) in [5.41, 5.74) is 2.11. The van der Waals surface area contributed by atoms with Crippen molar-refractivity contribution in [3.63, 3.8) is 0 Å². The van der Waals surface area contributed by atoms with Crippen LogP contribution in [0.3, 0.4) is 0 Å². The lowest BCUT2D eigenvalue weighted by atomic mass is 9.92. The molecule has 0 aliphatic carbocycles. The van der Waals surface area contributed by atoms with Crippen molar-refractivity contribution in [1.82, 2.24) is 14.8 Å². The Hall–Kier alpha value is -4.37. The molecule has 5 rings (SSSR count). The molecule has 1 aliphatic heterocycles. The van der Waals surface area contributed by atoms with Gasteiger partial charge in [-0.2, -0.15) is 5.10 Å². The van der Waals surface area contributed by atoms with Crippen molar-refractivity contribution in [2.75, 3.05) is 30.5 Å². The molecule has 0 saturated carbocycles. The van der Waals surface area contributed by atoms with E-state index in [4.69, 9.17) is 19.3 Å². The van der Waals surface area contributed by atoms with Gasteiger partial charge in [0.05, 0.1) is 24.2 Å². The van der Waals surface area contributed by atoms with Crippen LogP contribution in [0, 0.1) is 5.92 Å². The average Bonchev–Trinajstić information content (AvgIpc) is 3.39. The molecule has 1 saturated heterocycles. The summed E-state index contributed by atoms with van der Waals surface area (Å²) in [6, 6.07) is 20.1. The Morgan fingerprint density at radius 2 is 1.70 bits per heavy atom. The van der Waals surface area contributed by atoms with Crippen molar-refractivity contribution in [2.24, 2.45) is 5.92 Å². The van der Waals surface area contributed by atoms with Crippen LogP contribution >= 0.6 is 0 Å². The van der Waals surface area contributed by atoms with Crippen molar-refractivity contribution >= 4 is 17.5 Å². The number of aromatic nitrogens is 3. The zero-order valence-electron chi connectivity index (χ0n) is 23.1. The maximum atomic E-state index is 13.0. The largest absolute Gasteiger partial charge is 0.493 e. The molecule has 1 fully saturated rings. The SMILES string of the molecule is CC(C)(C)c1cc(NC(=O)Nc2ccc(Oc3cccnc3)cc2)n(-c2ccc(OCC3CCOCC3)cc2)n1. The number of pyridine rings is 1. The molecule has 0 radical (unpaired) electrons.